The number of carbonyl (C=O) groups is 1. The molecule has 4 rings (SSSR count). The Hall–Kier alpha value is -3.08. The molecule has 3 aromatic rings. The van der Waals surface area contributed by atoms with Crippen LogP contribution in [0.2, 0.25) is 0 Å². The minimum atomic E-state index is -0.167. The quantitative estimate of drug-likeness (QED) is 0.395. The molecule has 9 nitrogen and oxygen atoms in total. The summed E-state index contributed by atoms with van der Waals surface area (Å²) in [5.74, 6) is 2.49. The zero-order valence-corrected chi connectivity index (χ0v) is 21.1. The summed E-state index contributed by atoms with van der Waals surface area (Å²) >= 11 is 1.41. The first kappa shape index (κ1) is 25.0. The van der Waals surface area contributed by atoms with Crippen LogP contribution in [0.4, 0.5) is 5.13 Å². The van der Waals surface area contributed by atoms with Crippen molar-refractivity contribution in [1.29, 1.82) is 0 Å². The number of thiazole rings is 1. The van der Waals surface area contributed by atoms with Crippen LogP contribution in [0.3, 0.4) is 0 Å². The number of anilines is 1. The van der Waals surface area contributed by atoms with E-state index in [1.165, 1.54) is 11.3 Å². The van der Waals surface area contributed by atoms with Crippen molar-refractivity contribution >= 4 is 32.6 Å². The van der Waals surface area contributed by atoms with Crippen LogP contribution in [0, 0.1) is 0 Å². The molecule has 1 aliphatic heterocycles. The van der Waals surface area contributed by atoms with Gasteiger partial charge in [-0.2, -0.15) is 0 Å². The lowest BCUT2D eigenvalue weighted by Crippen LogP contribution is -2.40. The lowest BCUT2D eigenvalue weighted by atomic mass is 10.3. The summed E-state index contributed by atoms with van der Waals surface area (Å²) in [6.45, 7) is 4.60. The molecule has 0 atom stereocenters. The zero-order chi connectivity index (χ0) is 24.6. The lowest BCUT2D eigenvalue weighted by molar-refractivity contribution is -0.120. The van der Waals surface area contributed by atoms with Gasteiger partial charge in [0.05, 0.1) is 34.5 Å². The minimum Gasteiger partial charge on any atom is -0.497 e. The summed E-state index contributed by atoms with van der Waals surface area (Å²) in [5.41, 5.74) is 0.675. The van der Waals surface area contributed by atoms with Crippen LogP contribution in [-0.4, -0.2) is 83.1 Å². The van der Waals surface area contributed by atoms with Crippen LogP contribution in [0.25, 0.3) is 10.2 Å². The van der Waals surface area contributed by atoms with Crippen molar-refractivity contribution < 1.29 is 28.5 Å². The van der Waals surface area contributed by atoms with E-state index in [1.807, 2.05) is 12.1 Å². The molecule has 0 N–H and O–H groups in total. The van der Waals surface area contributed by atoms with Gasteiger partial charge in [0.25, 0.3) is 5.91 Å². The maximum atomic E-state index is 13.4. The largest absolute Gasteiger partial charge is 0.497 e. The molecule has 1 aliphatic rings. The van der Waals surface area contributed by atoms with Gasteiger partial charge in [-0.3, -0.25) is 14.6 Å². The van der Waals surface area contributed by atoms with E-state index in [2.05, 4.69) is 4.90 Å². The van der Waals surface area contributed by atoms with E-state index in [0.29, 0.717) is 34.4 Å². The average Bonchev–Trinajstić information content (AvgIpc) is 3.35. The Balaban J connectivity index is 1.53. The van der Waals surface area contributed by atoms with E-state index in [0.717, 1.165) is 49.7 Å². The van der Waals surface area contributed by atoms with E-state index in [4.69, 9.17) is 28.7 Å². The number of benzene rings is 2. The molecule has 10 heteroatoms. The summed E-state index contributed by atoms with van der Waals surface area (Å²) < 4.78 is 28.3. The summed E-state index contributed by atoms with van der Waals surface area (Å²) in [5, 5.41) is 0.591. The van der Waals surface area contributed by atoms with Crippen molar-refractivity contribution in [2.75, 3.05) is 72.2 Å². The number of morpholine rings is 1. The molecule has 188 valence electrons. The molecule has 0 bridgehead atoms. The SMILES string of the molecule is COc1ccc(OCC(=O)N(CCCN2CCOCC2)c2nc3c(OC)ccc(OC)c3s2)cc1. The number of amides is 1. The maximum absolute atomic E-state index is 13.4. The van der Waals surface area contributed by atoms with Gasteiger partial charge in [-0.05, 0) is 42.8 Å². The van der Waals surface area contributed by atoms with E-state index < -0.39 is 0 Å². The number of methoxy groups -OCH3 is 3. The highest BCUT2D eigenvalue weighted by molar-refractivity contribution is 7.22. The Labute approximate surface area is 209 Å². The number of hydrogen-bond donors (Lipinski definition) is 0. The second-order valence-corrected chi connectivity index (χ2v) is 8.94. The third kappa shape index (κ3) is 6.14. The minimum absolute atomic E-state index is 0.103. The van der Waals surface area contributed by atoms with Gasteiger partial charge in [-0.15, -0.1) is 0 Å². The molecule has 2 aromatic carbocycles. The van der Waals surface area contributed by atoms with Crippen LogP contribution in [0.5, 0.6) is 23.0 Å². The van der Waals surface area contributed by atoms with Gasteiger partial charge in [0, 0.05) is 26.2 Å². The predicted molar refractivity (Wildman–Crippen MR) is 135 cm³/mol. The Morgan fingerprint density at radius 2 is 1.69 bits per heavy atom. The number of carbonyl (C=O) groups excluding carboxylic acids is 1. The molecule has 0 spiro atoms. The van der Waals surface area contributed by atoms with E-state index >= 15 is 0 Å². The Morgan fingerprint density at radius 1 is 1.00 bits per heavy atom. The van der Waals surface area contributed by atoms with Gasteiger partial charge in [0.2, 0.25) is 0 Å². The molecule has 35 heavy (non-hydrogen) atoms. The second kappa shape index (κ2) is 12.1. The fourth-order valence-electron chi connectivity index (χ4n) is 3.89. The molecule has 0 saturated carbocycles. The van der Waals surface area contributed by atoms with Crippen molar-refractivity contribution in [3.63, 3.8) is 0 Å². The summed E-state index contributed by atoms with van der Waals surface area (Å²) in [7, 11) is 4.83. The molecular formula is C25H31N3O6S. The highest BCUT2D eigenvalue weighted by Gasteiger charge is 2.23. The first-order valence-corrected chi connectivity index (χ1v) is 12.3. The van der Waals surface area contributed by atoms with Gasteiger partial charge in [0.15, 0.2) is 11.7 Å². The number of fused-ring (bicyclic) bond motifs is 1. The molecule has 0 unspecified atom stereocenters. The first-order chi connectivity index (χ1) is 17.1. The maximum Gasteiger partial charge on any atom is 0.266 e. The van der Waals surface area contributed by atoms with E-state index in [-0.39, 0.29) is 12.5 Å². The van der Waals surface area contributed by atoms with Gasteiger partial charge in [-0.25, -0.2) is 4.98 Å². The fraction of sp³-hybridized carbons (Fsp3) is 0.440. The highest BCUT2D eigenvalue weighted by Crippen LogP contribution is 2.40. The van der Waals surface area contributed by atoms with Crippen molar-refractivity contribution in [1.82, 2.24) is 9.88 Å². The van der Waals surface area contributed by atoms with Crippen molar-refractivity contribution in [2.45, 2.75) is 6.42 Å². The van der Waals surface area contributed by atoms with Crippen LogP contribution in [0.1, 0.15) is 6.42 Å². The molecule has 1 saturated heterocycles. The summed E-state index contributed by atoms with van der Waals surface area (Å²) in [6, 6.07) is 10.8. The van der Waals surface area contributed by atoms with Crippen molar-refractivity contribution in [3.05, 3.63) is 36.4 Å². The molecular weight excluding hydrogens is 470 g/mol. The number of aromatic nitrogens is 1. The number of hydrogen-bond acceptors (Lipinski definition) is 9. The third-order valence-corrected chi connectivity index (χ3v) is 6.91. The second-order valence-electron chi connectivity index (χ2n) is 7.96. The fourth-order valence-corrected chi connectivity index (χ4v) is 5.01. The van der Waals surface area contributed by atoms with Gasteiger partial charge < -0.3 is 23.7 Å². The molecule has 2 heterocycles. The van der Waals surface area contributed by atoms with Crippen molar-refractivity contribution in [2.24, 2.45) is 0 Å². The van der Waals surface area contributed by atoms with E-state index in [1.54, 1.807) is 50.5 Å². The van der Waals surface area contributed by atoms with Crippen LogP contribution >= 0.6 is 11.3 Å². The lowest BCUT2D eigenvalue weighted by Gasteiger charge is -2.27. The zero-order valence-electron chi connectivity index (χ0n) is 20.3. The third-order valence-electron chi connectivity index (χ3n) is 5.81. The Bertz CT molecular complexity index is 1070. The topological polar surface area (TPSA) is 82.6 Å². The molecule has 1 aromatic heterocycles. The number of ether oxygens (including phenoxy) is 5. The highest BCUT2D eigenvalue weighted by atomic mass is 32.1. The van der Waals surface area contributed by atoms with Crippen LogP contribution in [0.15, 0.2) is 36.4 Å². The van der Waals surface area contributed by atoms with E-state index in [9.17, 15) is 4.79 Å². The number of rotatable bonds is 11. The smallest absolute Gasteiger partial charge is 0.266 e. The molecule has 0 aliphatic carbocycles. The predicted octanol–water partition coefficient (Wildman–Crippen LogP) is 3.46. The standard InChI is InChI=1S/C25H31N3O6S/c1-30-18-5-7-19(8-6-18)34-17-22(29)28(12-4-11-27-13-15-33-16-14-27)25-26-23-20(31-2)9-10-21(32-3)24(23)35-25/h5-10H,4,11-17H2,1-3H3. The van der Waals surface area contributed by atoms with Crippen molar-refractivity contribution in [3.8, 4) is 23.0 Å². The normalized spacial score (nSPS) is 14.0. The van der Waals surface area contributed by atoms with Crippen LogP contribution in [-0.2, 0) is 9.53 Å². The first-order valence-electron chi connectivity index (χ1n) is 11.5. The molecule has 1 amide bonds. The van der Waals surface area contributed by atoms with Gasteiger partial charge in [-0.1, -0.05) is 11.3 Å². The Morgan fingerprint density at radius 3 is 2.37 bits per heavy atom. The molecule has 1 fully saturated rings. The monoisotopic (exact) mass is 501 g/mol. The molecule has 0 radical (unpaired) electrons. The van der Waals surface area contributed by atoms with Gasteiger partial charge in [0.1, 0.15) is 33.2 Å². The van der Waals surface area contributed by atoms with Crippen LogP contribution < -0.4 is 23.8 Å². The number of nitrogens with zero attached hydrogens (tertiary/aromatic N) is 3. The average molecular weight is 502 g/mol. The summed E-state index contributed by atoms with van der Waals surface area (Å²) in [4.78, 5) is 22.2. The van der Waals surface area contributed by atoms with Gasteiger partial charge >= 0.3 is 0 Å². The summed E-state index contributed by atoms with van der Waals surface area (Å²) in [6.07, 6.45) is 0.804. The Kier molecular flexibility index (Phi) is 8.62.